The number of hydrogen-bond donors (Lipinski definition) is 0. The van der Waals surface area contributed by atoms with Crippen molar-refractivity contribution in [1.82, 2.24) is 25.0 Å². The van der Waals surface area contributed by atoms with E-state index in [4.69, 9.17) is 14.4 Å². The Bertz CT molecular complexity index is 1580. The van der Waals surface area contributed by atoms with Gasteiger partial charge in [-0.15, -0.1) is 10.2 Å². The zero-order valence-corrected chi connectivity index (χ0v) is 19.1. The molecule has 0 amide bonds. The molecule has 3 aromatic heterocycles. The molecule has 3 heterocycles. The lowest BCUT2D eigenvalue weighted by molar-refractivity contribution is 0.0441. The molecule has 0 aliphatic carbocycles. The number of nitrogens with zero attached hydrogens (tertiary/aromatic N) is 6. The summed E-state index contributed by atoms with van der Waals surface area (Å²) in [6, 6.07) is 18.7. The average Bonchev–Trinajstić information content (AvgIpc) is 3.51. The molecule has 5 aromatic rings. The number of rotatable bonds is 6. The summed E-state index contributed by atoms with van der Waals surface area (Å²) in [5.41, 5.74) is 5.00. The molecule has 0 fully saturated rings. The van der Waals surface area contributed by atoms with Crippen LogP contribution in [0.1, 0.15) is 38.6 Å². The number of fused-ring (bicyclic) bond motifs is 1. The summed E-state index contributed by atoms with van der Waals surface area (Å²) < 4.78 is 12.8. The van der Waals surface area contributed by atoms with Gasteiger partial charge in [0.15, 0.2) is 12.3 Å². The molecular formula is C26H20N6O3. The molecular weight excluding hydrogens is 444 g/mol. The Balaban J connectivity index is 1.34. The number of hydrogen-bond acceptors (Lipinski definition) is 8. The number of esters is 1. The molecule has 0 aliphatic rings. The van der Waals surface area contributed by atoms with E-state index in [2.05, 4.69) is 26.3 Å². The van der Waals surface area contributed by atoms with Crippen molar-refractivity contribution in [1.29, 1.82) is 5.26 Å². The lowest BCUT2D eigenvalue weighted by Crippen LogP contribution is -2.08. The van der Waals surface area contributed by atoms with Gasteiger partial charge in [-0.1, -0.05) is 35.9 Å². The van der Waals surface area contributed by atoms with Crippen LogP contribution >= 0.6 is 0 Å². The third-order valence-corrected chi connectivity index (χ3v) is 5.44. The van der Waals surface area contributed by atoms with E-state index in [9.17, 15) is 4.79 Å². The van der Waals surface area contributed by atoms with E-state index in [0.29, 0.717) is 40.0 Å². The first-order chi connectivity index (χ1) is 17.0. The first-order valence-electron chi connectivity index (χ1n) is 10.9. The van der Waals surface area contributed by atoms with E-state index in [1.54, 1.807) is 41.2 Å². The summed E-state index contributed by atoms with van der Waals surface area (Å²) in [6.07, 6.45) is 1.62. The lowest BCUT2D eigenvalue weighted by Gasteiger charge is -2.07. The topological polar surface area (TPSA) is 120 Å². The second-order valence-corrected chi connectivity index (χ2v) is 8.11. The smallest absolute Gasteiger partial charge is 0.339 e. The molecule has 5 rings (SSSR count). The summed E-state index contributed by atoms with van der Waals surface area (Å²) in [4.78, 5) is 17.5. The molecule has 0 radical (unpaired) electrons. The van der Waals surface area contributed by atoms with E-state index in [0.717, 1.165) is 5.56 Å². The van der Waals surface area contributed by atoms with Crippen molar-refractivity contribution in [2.45, 2.75) is 27.0 Å². The van der Waals surface area contributed by atoms with Crippen LogP contribution in [0.5, 0.6) is 0 Å². The van der Waals surface area contributed by atoms with Crippen molar-refractivity contribution in [3.8, 4) is 17.5 Å². The zero-order chi connectivity index (χ0) is 24.4. The molecule has 0 bridgehead atoms. The lowest BCUT2D eigenvalue weighted by atomic mass is 10.1. The van der Waals surface area contributed by atoms with E-state index in [-0.39, 0.29) is 18.4 Å². The van der Waals surface area contributed by atoms with Crippen LogP contribution in [0.3, 0.4) is 0 Å². The first kappa shape index (κ1) is 22.0. The van der Waals surface area contributed by atoms with Gasteiger partial charge in [0, 0.05) is 11.3 Å². The Kier molecular flexibility index (Phi) is 5.77. The summed E-state index contributed by atoms with van der Waals surface area (Å²) in [6.45, 7) is 4.20. The fourth-order valence-corrected chi connectivity index (χ4v) is 3.68. The van der Waals surface area contributed by atoms with Gasteiger partial charge in [0.25, 0.3) is 5.89 Å². The average molecular weight is 464 g/mol. The molecule has 0 aliphatic heterocycles. The second kappa shape index (κ2) is 9.19. The fourth-order valence-electron chi connectivity index (χ4n) is 3.68. The van der Waals surface area contributed by atoms with E-state index < -0.39 is 5.97 Å². The van der Waals surface area contributed by atoms with Crippen LogP contribution in [0.15, 0.2) is 65.2 Å². The number of benzene rings is 2. The van der Waals surface area contributed by atoms with Crippen LogP contribution in [0.25, 0.3) is 22.5 Å². The highest BCUT2D eigenvalue weighted by Crippen LogP contribution is 2.22. The quantitative estimate of drug-likeness (QED) is 0.340. The molecule has 0 saturated heterocycles. The first-order valence-corrected chi connectivity index (χ1v) is 10.9. The van der Waals surface area contributed by atoms with Gasteiger partial charge >= 0.3 is 5.97 Å². The molecule has 0 unspecified atom stereocenters. The maximum Gasteiger partial charge on any atom is 0.339 e. The van der Waals surface area contributed by atoms with Gasteiger partial charge < -0.3 is 9.15 Å². The monoisotopic (exact) mass is 464 g/mol. The predicted octanol–water partition coefficient (Wildman–Crippen LogP) is 4.38. The standard InChI is InChI=1S/C26H20N6O3/c1-16-6-8-18(9-7-16)14-32-24-22(13-28-32)21(10-17(2)29-24)26(33)34-15-23-30-31-25(35-23)20-5-3-4-19(11-20)12-27/h3-11,13H,14-15H2,1-2H3. The Morgan fingerprint density at radius 1 is 1.11 bits per heavy atom. The molecule has 172 valence electrons. The van der Waals surface area contributed by atoms with Gasteiger partial charge in [0.05, 0.1) is 35.3 Å². The molecule has 9 heteroatoms. The molecule has 0 N–H and O–H groups in total. The van der Waals surface area contributed by atoms with Crippen molar-refractivity contribution in [3.63, 3.8) is 0 Å². The van der Waals surface area contributed by atoms with Crippen molar-refractivity contribution in [3.05, 3.63) is 94.6 Å². The summed E-state index contributed by atoms with van der Waals surface area (Å²) in [5.74, 6) is -0.151. The summed E-state index contributed by atoms with van der Waals surface area (Å²) in [5, 5.41) is 22.0. The number of aromatic nitrogens is 5. The van der Waals surface area contributed by atoms with Crippen LogP contribution in [0.4, 0.5) is 0 Å². The van der Waals surface area contributed by atoms with Gasteiger partial charge in [0.2, 0.25) is 5.89 Å². The molecule has 9 nitrogen and oxygen atoms in total. The molecule has 35 heavy (non-hydrogen) atoms. The number of aryl methyl sites for hydroxylation is 2. The highest BCUT2D eigenvalue weighted by atomic mass is 16.5. The Morgan fingerprint density at radius 2 is 1.94 bits per heavy atom. The van der Waals surface area contributed by atoms with Gasteiger partial charge in [-0.2, -0.15) is 10.4 Å². The van der Waals surface area contributed by atoms with Gasteiger partial charge in [-0.25, -0.2) is 14.5 Å². The predicted molar refractivity (Wildman–Crippen MR) is 126 cm³/mol. The van der Waals surface area contributed by atoms with Crippen molar-refractivity contribution in [2.24, 2.45) is 0 Å². The van der Waals surface area contributed by atoms with Crippen LogP contribution < -0.4 is 0 Å². The highest BCUT2D eigenvalue weighted by Gasteiger charge is 2.19. The van der Waals surface area contributed by atoms with E-state index in [1.807, 2.05) is 38.1 Å². The normalized spacial score (nSPS) is 10.9. The van der Waals surface area contributed by atoms with Crippen molar-refractivity contribution in [2.75, 3.05) is 0 Å². The highest BCUT2D eigenvalue weighted by molar-refractivity contribution is 6.02. The third-order valence-electron chi connectivity index (χ3n) is 5.44. The third kappa shape index (κ3) is 4.63. The molecule has 0 saturated carbocycles. The number of ether oxygens (including phenoxy) is 1. The van der Waals surface area contributed by atoms with Crippen molar-refractivity contribution >= 4 is 17.0 Å². The van der Waals surface area contributed by atoms with Gasteiger partial charge in [-0.3, -0.25) is 0 Å². The SMILES string of the molecule is Cc1ccc(Cn2ncc3c(C(=O)OCc4nnc(-c5cccc(C#N)c5)o4)cc(C)nc32)cc1. The minimum atomic E-state index is -0.540. The fraction of sp³-hybridized carbons (Fsp3) is 0.154. The number of pyridine rings is 1. The van der Waals surface area contributed by atoms with E-state index in [1.165, 1.54) is 5.56 Å². The molecule has 0 spiro atoms. The maximum atomic E-state index is 12.9. The summed E-state index contributed by atoms with van der Waals surface area (Å²) in [7, 11) is 0. The number of nitriles is 1. The minimum Gasteiger partial charge on any atom is -0.452 e. The Labute approximate surface area is 200 Å². The van der Waals surface area contributed by atoms with Crippen LogP contribution in [0, 0.1) is 25.2 Å². The largest absolute Gasteiger partial charge is 0.452 e. The number of carbonyl (C=O) groups is 1. The second-order valence-electron chi connectivity index (χ2n) is 8.11. The van der Waals surface area contributed by atoms with Crippen LogP contribution in [0.2, 0.25) is 0 Å². The Hall–Kier alpha value is -4.84. The van der Waals surface area contributed by atoms with E-state index >= 15 is 0 Å². The number of carbonyl (C=O) groups excluding carboxylic acids is 1. The summed E-state index contributed by atoms with van der Waals surface area (Å²) >= 11 is 0. The zero-order valence-electron chi connectivity index (χ0n) is 19.1. The maximum absolute atomic E-state index is 12.9. The van der Waals surface area contributed by atoms with Crippen LogP contribution in [-0.4, -0.2) is 30.9 Å². The van der Waals surface area contributed by atoms with Crippen molar-refractivity contribution < 1.29 is 13.9 Å². The molecule has 0 atom stereocenters. The minimum absolute atomic E-state index is 0.146. The van der Waals surface area contributed by atoms with Gasteiger partial charge in [-0.05, 0) is 43.7 Å². The Morgan fingerprint density at radius 3 is 2.74 bits per heavy atom. The van der Waals surface area contributed by atoms with Gasteiger partial charge in [0.1, 0.15) is 0 Å². The van der Waals surface area contributed by atoms with Crippen LogP contribution in [-0.2, 0) is 17.9 Å². The molecule has 2 aromatic carbocycles.